The Kier molecular flexibility index (Phi) is 12.5. The van der Waals surface area contributed by atoms with Gasteiger partial charge in [0.1, 0.15) is 44.0 Å². The van der Waals surface area contributed by atoms with Gasteiger partial charge in [-0.2, -0.15) is 0 Å². The number of aliphatic hydroxyl groups excluding tert-OH is 1. The standard InChI is InChI=1S/C12H14O4.C11H12O3/c1-2-12(14)16-9-10(13)8-15-11-6-4-3-5-7-11;1-2-11(12)14-9-8-13-10-6-4-3-5-7-10/h2-7,10,13H,1,8-9H2;2-7H,1,8-9H2. The van der Waals surface area contributed by atoms with Gasteiger partial charge in [0.25, 0.3) is 0 Å². The molecule has 1 N–H and O–H groups in total. The summed E-state index contributed by atoms with van der Waals surface area (Å²) >= 11 is 0. The van der Waals surface area contributed by atoms with E-state index in [1.807, 2.05) is 48.5 Å². The normalized spacial score (nSPS) is 10.4. The summed E-state index contributed by atoms with van der Waals surface area (Å²) in [6.07, 6.45) is 1.33. The van der Waals surface area contributed by atoms with Crippen LogP contribution in [0.25, 0.3) is 0 Å². The van der Waals surface area contributed by atoms with Gasteiger partial charge in [-0.3, -0.25) is 0 Å². The summed E-state index contributed by atoms with van der Waals surface area (Å²) in [4.78, 5) is 21.3. The number of benzene rings is 2. The molecule has 0 saturated heterocycles. The van der Waals surface area contributed by atoms with Gasteiger partial charge in [-0.15, -0.1) is 0 Å². The zero-order chi connectivity index (χ0) is 22.0. The Morgan fingerprint density at radius 1 is 0.767 bits per heavy atom. The van der Waals surface area contributed by atoms with E-state index in [1.165, 1.54) is 0 Å². The van der Waals surface area contributed by atoms with Crippen molar-refractivity contribution in [3.8, 4) is 11.5 Å². The van der Waals surface area contributed by atoms with E-state index in [0.717, 1.165) is 17.9 Å². The summed E-state index contributed by atoms with van der Waals surface area (Å²) in [7, 11) is 0. The fraction of sp³-hybridized carbons (Fsp3) is 0.217. The lowest BCUT2D eigenvalue weighted by Crippen LogP contribution is -2.24. The summed E-state index contributed by atoms with van der Waals surface area (Å²) < 4.78 is 19.9. The van der Waals surface area contributed by atoms with Crippen LogP contribution in [0.4, 0.5) is 0 Å². The van der Waals surface area contributed by atoms with Gasteiger partial charge in [0.05, 0.1) is 0 Å². The number of para-hydroxylation sites is 2. The van der Waals surface area contributed by atoms with Crippen LogP contribution in [0.2, 0.25) is 0 Å². The Balaban J connectivity index is 0.000000303. The van der Waals surface area contributed by atoms with E-state index in [-0.39, 0.29) is 19.8 Å². The number of hydrogen-bond donors (Lipinski definition) is 1. The molecule has 0 saturated carbocycles. The molecule has 2 aromatic carbocycles. The SMILES string of the molecule is C=CC(=O)OCC(O)COc1ccccc1.C=CC(=O)OCCOc1ccccc1. The molecule has 30 heavy (non-hydrogen) atoms. The molecular formula is C23H26O7. The highest BCUT2D eigenvalue weighted by Crippen LogP contribution is 2.08. The molecule has 7 heteroatoms. The Morgan fingerprint density at radius 3 is 1.80 bits per heavy atom. The molecule has 0 heterocycles. The fourth-order valence-electron chi connectivity index (χ4n) is 1.87. The van der Waals surface area contributed by atoms with Gasteiger partial charge >= 0.3 is 11.9 Å². The molecule has 0 aliphatic rings. The lowest BCUT2D eigenvalue weighted by Gasteiger charge is -2.11. The Labute approximate surface area is 176 Å². The van der Waals surface area contributed by atoms with Crippen molar-refractivity contribution in [3.05, 3.63) is 86.0 Å². The minimum Gasteiger partial charge on any atom is -0.491 e. The van der Waals surface area contributed by atoms with E-state index < -0.39 is 18.0 Å². The molecule has 0 spiro atoms. The highest BCUT2D eigenvalue weighted by atomic mass is 16.6. The molecular weight excluding hydrogens is 388 g/mol. The predicted octanol–water partition coefficient (Wildman–Crippen LogP) is 2.95. The Morgan fingerprint density at radius 2 is 1.27 bits per heavy atom. The fourth-order valence-corrected chi connectivity index (χ4v) is 1.87. The first-order valence-corrected chi connectivity index (χ1v) is 9.17. The molecule has 0 bridgehead atoms. The second-order valence-corrected chi connectivity index (χ2v) is 5.65. The van der Waals surface area contributed by atoms with Crippen molar-refractivity contribution in [1.82, 2.24) is 0 Å². The molecule has 160 valence electrons. The van der Waals surface area contributed by atoms with Crippen molar-refractivity contribution in [2.75, 3.05) is 26.4 Å². The molecule has 7 nitrogen and oxygen atoms in total. The minimum atomic E-state index is -0.843. The molecule has 1 unspecified atom stereocenters. The summed E-state index contributed by atoms with van der Waals surface area (Å²) in [5.41, 5.74) is 0. The molecule has 0 aliphatic heterocycles. The number of carbonyl (C=O) groups excluding carboxylic acids is 2. The number of carbonyl (C=O) groups is 2. The summed E-state index contributed by atoms with van der Waals surface area (Å²) in [6, 6.07) is 18.4. The van der Waals surface area contributed by atoms with Gasteiger partial charge in [-0.1, -0.05) is 49.6 Å². The average Bonchev–Trinajstić information content (AvgIpc) is 2.80. The monoisotopic (exact) mass is 414 g/mol. The van der Waals surface area contributed by atoms with Crippen LogP contribution in [0.15, 0.2) is 86.0 Å². The minimum absolute atomic E-state index is 0.0778. The van der Waals surface area contributed by atoms with Gasteiger partial charge in [-0.25, -0.2) is 9.59 Å². The molecule has 0 aliphatic carbocycles. The first-order chi connectivity index (χ1) is 14.5. The van der Waals surface area contributed by atoms with Crippen molar-refractivity contribution in [2.45, 2.75) is 6.10 Å². The van der Waals surface area contributed by atoms with Gasteiger partial charge in [0, 0.05) is 12.2 Å². The second kappa shape index (κ2) is 15.4. The second-order valence-electron chi connectivity index (χ2n) is 5.65. The van der Waals surface area contributed by atoms with Gasteiger partial charge in [0.2, 0.25) is 0 Å². The van der Waals surface area contributed by atoms with E-state index >= 15 is 0 Å². The average molecular weight is 414 g/mol. The van der Waals surface area contributed by atoms with E-state index in [9.17, 15) is 14.7 Å². The van der Waals surface area contributed by atoms with Gasteiger partial charge in [-0.05, 0) is 24.3 Å². The summed E-state index contributed by atoms with van der Waals surface area (Å²) in [5, 5.41) is 9.42. The van der Waals surface area contributed by atoms with E-state index in [1.54, 1.807) is 12.1 Å². The first kappa shape index (κ1) is 24.5. The van der Waals surface area contributed by atoms with Crippen LogP contribution in [-0.4, -0.2) is 49.6 Å². The third kappa shape index (κ3) is 12.0. The topological polar surface area (TPSA) is 91.3 Å². The van der Waals surface area contributed by atoms with Crippen LogP contribution >= 0.6 is 0 Å². The van der Waals surface area contributed by atoms with Crippen LogP contribution in [0.1, 0.15) is 0 Å². The lowest BCUT2D eigenvalue weighted by atomic mass is 10.3. The summed E-state index contributed by atoms with van der Waals surface area (Å²) in [5.74, 6) is 0.444. The van der Waals surface area contributed by atoms with E-state index in [0.29, 0.717) is 12.4 Å². The lowest BCUT2D eigenvalue weighted by molar-refractivity contribution is -0.141. The highest BCUT2D eigenvalue weighted by Gasteiger charge is 2.07. The molecule has 2 rings (SSSR count). The smallest absolute Gasteiger partial charge is 0.330 e. The third-order valence-electron chi connectivity index (χ3n) is 3.28. The molecule has 0 amide bonds. The van der Waals surface area contributed by atoms with Crippen molar-refractivity contribution < 1.29 is 33.6 Å². The predicted molar refractivity (Wildman–Crippen MR) is 112 cm³/mol. The van der Waals surface area contributed by atoms with Crippen molar-refractivity contribution >= 4 is 11.9 Å². The molecule has 1 atom stereocenters. The third-order valence-corrected chi connectivity index (χ3v) is 3.28. The number of aliphatic hydroxyl groups is 1. The molecule has 0 radical (unpaired) electrons. The van der Waals surface area contributed by atoms with Crippen LogP contribution in [-0.2, 0) is 19.1 Å². The largest absolute Gasteiger partial charge is 0.491 e. The van der Waals surface area contributed by atoms with Crippen LogP contribution in [0, 0.1) is 0 Å². The zero-order valence-corrected chi connectivity index (χ0v) is 16.6. The first-order valence-electron chi connectivity index (χ1n) is 9.17. The van der Waals surface area contributed by atoms with Gasteiger partial charge < -0.3 is 24.1 Å². The maximum absolute atomic E-state index is 10.7. The Hall–Kier alpha value is -3.58. The number of ether oxygens (including phenoxy) is 4. The quantitative estimate of drug-likeness (QED) is 0.343. The number of hydrogen-bond acceptors (Lipinski definition) is 7. The maximum Gasteiger partial charge on any atom is 0.330 e. The van der Waals surface area contributed by atoms with Gasteiger partial charge in [0.15, 0.2) is 0 Å². The van der Waals surface area contributed by atoms with Crippen molar-refractivity contribution in [1.29, 1.82) is 0 Å². The van der Waals surface area contributed by atoms with E-state index in [4.69, 9.17) is 14.2 Å². The van der Waals surface area contributed by atoms with Crippen LogP contribution < -0.4 is 9.47 Å². The molecule has 0 aromatic heterocycles. The zero-order valence-electron chi connectivity index (χ0n) is 16.6. The Bertz CT molecular complexity index is 760. The van der Waals surface area contributed by atoms with Crippen LogP contribution in [0.3, 0.4) is 0 Å². The van der Waals surface area contributed by atoms with Crippen molar-refractivity contribution in [3.63, 3.8) is 0 Å². The van der Waals surface area contributed by atoms with Crippen LogP contribution in [0.5, 0.6) is 11.5 Å². The van der Waals surface area contributed by atoms with Crippen molar-refractivity contribution in [2.24, 2.45) is 0 Å². The summed E-state index contributed by atoms with van der Waals surface area (Å²) in [6.45, 7) is 7.09. The number of esters is 2. The molecule has 2 aromatic rings. The van der Waals surface area contributed by atoms with E-state index in [2.05, 4.69) is 17.9 Å². The molecule has 0 fully saturated rings. The number of rotatable bonds is 11. The maximum atomic E-state index is 10.7. The highest BCUT2D eigenvalue weighted by molar-refractivity contribution is 5.81.